The Hall–Kier alpha value is -1.97. The number of carbonyl (C=O) groups is 1. The highest BCUT2D eigenvalue weighted by atomic mass is 19.1. The molecule has 98 valence electrons. The van der Waals surface area contributed by atoms with Crippen LogP contribution in [0.3, 0.4) is 0 Å². The molecule has 0 fully saturated rings. The molecule has 0 radical (unpaired) electrons. The Morgan fingerprint density at radius 2 is 1.95 bits per heavy atom. The lowest BCUT2D eigenvalue weighted by Gasteiger charge is -2.16. The molecule has 19 heavy (non-hydrogen) atoms. The van der Waals surface area contributed by atoms with E-state index in [1.807, 2.05) is 0 Å². The van der Waals surface area contributed by atoms with E-state index in [0.717, 1.165) is 6.42 Å². The van der Waals surface area contributed by atoms with Crippen LogP contribution < -0.4 is 0 Å². The number of nitrogens with zero attached hydrogens (tertiary/aromatic N) is 1. The number of halogens is 2. The molecule has 4 heteroatoms. The first-order valence-corrected chi connectivity index (χ1v) is 6.28. The van der Waals surface area contributed by atoms with Crippen molar-refractivity contribution in [2.24, 2.45) is 0 Å². The molecule has 0 aliphatic heterocycles. The van der Waals surface area contributed by atoms with Gasteiger partial charge in [0.05, 0.1) is 0 Å². The Kier molecular flexibility index (Phi) is 2.73. The summed E-state index contributed by atoms with van der Waals surface area (Å²) in [6.45, 7) is 1.60. The monoisotopic (exact) mass is 261 g/mol. The quantitative estimate of drug-likeness (QED) is 0.769. The van der Waals surface area contributed by atoms with Gasteiger partial charge < -0.3 is 4.57 Å². The molecular formula is C15H13F2NO. The number of hydrogen-bond acceptors (Lipinski definition) is 1. The van der Waals surface area contributed by atoms with Crippen molar-refractivity contribution in [2.45, 2.75) is 26.2 Å². The molecule has 1 heterocycles. The molecule has 0 spiro atoms. The fraction of sp³-hybridized carbons (Fsp3) is 0.267. The van der Waals surface area contributed by atoms with Gasteiger partial charge in [-0.2, -0.15) is 0 Å². The van der Waals surface area contributed by atoms with Crippen LogP contribution in [0.15, 0.2) is 24.4 Å². The van der Waals surface area contributed by atoms with Crippen molar-refractivity contribution in [1.29, 1.82) is 0 Å². The highest BCUT2D eigenvalue weighted by Gasteiger charge is 2.24. The van der Waals surface area contributed by atoms with Crippen LogP contribution in [0.2, 0.25) is 0 Å². The number of fused-ring (bicyclic) bond motifs is 1. The summed E-state index contributed by atoms with van der Waals surface area (Å²) in [5.41, 5.74) is 1.60. The number of benzene rings is 1. The summed E-state index contributed by atoms with van der Waals surface area (Å²) in [5.74, 6) is -1.13. The van der Waals surface area contributed by atoms with Gasteiger partial charge in [0, 0.05) is 23.9 Å². The molecule has 3 rings (SSSR count). The normalized spacial score (nSPS) is 14.6. The van der Waals surface area contributed by atoms with Crippen LogP contribution in [0.1, 0.15) is 34.5 Å². The third-order valence-corrected chi connectivity index (χ3v) is 3.61. The summed E-state index contributed by atoms with van der Waals surface area (Å²) in [7, 11) is 0. The molecule has 2 aromatic rings. The van der Waals surface area contributed by atoms with Gasteiger partial charge in [0.1, 0.15) is 11.5 Å². The Balaban J connectivity index is 2.24. The van der Waals surface area contributed by atoms with Crippen molar-refractivity contribution < 1.29 is 13.6 Å². The largest absolute Gasteiger partial charge is 0.315 e. The maximum atomic E-state index is 14.1. The van der Waals surface area contributed by atoms with E-state index >= 15 is 0 Å². The molecule has 0 N–H and O–H groups in total. The van der Waals surface area contributed by atoms with E-state index in [1.54, 1.807) is 19.2 Å². The average molecular weight is 261 g/mol. The Morgan fingerprint density at radius 3 is 2.74 bits per heavy atom. The maximum absolute atomic E-state index is 14.1. The van der Waals surface area contributed by atoms with E-state index in [9.17, 15) is 13.6 Å². The molecule has 1 aromatic heterocycles. The predicted molar refractivity (Wildman–Crippen MR) is 67.7 cm³/mol. The van der Waals surface area contributed by atoms with E-state index in [1.165, 1.54) is 16.7 Å². The van der Waals surface area contributed by atoms with E-state index in [4.69, 9.17) is 0 Å². The standard InChI is InChI=1S/C15H13F2NO/c1-9-5-6-11(16)15(14(9)17)18-8-7-10-12(18)3-2-4-13(10)19/h5-8H,2-4H2,1H3. The Labute approximate surface area is 109 Å². The molecule has 0 bridgehead atoms. The van der Waals surface area contributed by atoms with Gasteiger partial charge >= 0.3 is 0 Å². The molecule has 0 saturated carbocycles. The SMILES string of the molecule is Cc1ccc(F)c(-n2ccc3c2CCCC3=O)c1F. The second kappa shape index (κ2) is 4.30. The lowest BCUT2D eigenvalue weighted by molar-refractivity contribution is 0.0972. The molecule has 1 aliphatic rings. The van der Waals surface area contributed by atoms with Crippen LogP contribution in [0.4, 0.5) is 8.78 Å². The first kappa shape index (κ1) is 12.1. The van der Waals surface area contributed by atoms with Crippen molar-refractivity contribution in [3.8, 4) is 5.69 Å². The number of rotatable bonds is 1. The second-order valence-electron chi connectivity index (χ2n) is 4.85. The van der Waals surface area contributed by atoms with Crippen LogP contribution in [-0.4, -0.2) is 10.4 Å². The highest BCUT2D eigenvalue weighted by molar-refractivity contribution is 5.98. The number of carbonyl (C=O) groups excluding carboxylic acids is 1. The fourth-order valence-electron chi connectivity index (χ4n) is 2.60. The maximum Gasteiger partial charge on any atom is 0.164 e. The first-order valence-electron chi connectivity index (χ1n) is 6.28. The third kappa shape index (κ3) is 1.79. The first-order chi connectivity index (χ1) is 9.09. The van der Waals surface area contributed by atoms with Crippen molar-refractivity contribution in [1.82, 2.24) is 4.57 Å². The van der Waals surface area contributed by atoms with Crippen molar-refractivity contribution in [3.63, 3.8) is 0 Å². The zero-order chi connectivity index (χ0) is 13.6. The van der Waals surface area contributed by atoms with Crippen molar-refractivity contribution in [2.75, 3.05) is 0 Å². The van der Waals surface area contributed by atoms with Crippen molar-refractivity contribution >= 4 is 5.78 Å². The molecule has 1 aliphatic carbocycles. The molecular weight excluding hydrogens is 248 g/mol. The molecule has 0 saturated heterocycles. The van der Waals surface area contributed by atoms with Gasteiger partial charge in [-0.3, -0.25) is 4.79 Å². The van der Waals surface area contributed by atoms with Crippen LogP contribution in [0.5, 0.6) is 0 Å². The van der Waals surface area contributed by atoms with Crippen molar-refractivity contribution in [3.05, 3.63) is 52.9 Å². The number of Topliss-reactive ketones (excluding diaryl/α,β-unsaturated/α-hetero) is 1. The van der Waals surface area contributed by atoms with Crippen LogP contribution in [-0.2, 0) is 6.42 Å². The van der Waals surface area contributed by atoms with Gasteiger partial charge in [-0.1, -0.05) is 6.07 Å². The van der Waals surface area contributed by atoms with Crippen LogP contribution in [0, 0.1) is 18.6 Å². The lowest BCUT2D eigenvalue weighted by Crippen LogP contribution is -2.14. The van der Waals surface area contributed by atoms with Crippen LogP contribution in [0.25, 0.3) is 5.69 Å². The van der Waals surface area contributed by atoms with Gasteiger partial charge in [-0.25, -0.2) is 8.78 Å². The second-order valence-corrected chi connectivity index (χ2v) is 4.85. The molecule has 0 amide bonds. The minimum absolute atomic E-state index is 0.0495. The minimum atomic E-state index is -0.612. The smallest absolute Gasteiger partial charge is 0.164 e. The Morgan fingerprint density at radius 1 is 1.16 bits per heavy atom. The molecule has 2 nitrogen and oxygen atoms in total. The summed E-state index contributed by atoms with van der Waals surface area (Å²) in [6, 6.07) is 4.32. The summed E-state index contributed by atoms with van der Waals surface area (Å²) in [6.07, 6.45) is 3.48. The summed E-state index contributed by atoms with van der Waals surface area (Å²) < 4.78 is 29.5. The number of hydrogen-bond donors (Lipinski definition) is 0. The zero-order valence-electron chi connectivity index (χ0n) is 10.5. The average Bonchev–Trinajstić information content (AvgIpc) is 2.80. The van der Waals surface area contributed by atoms with E-state index in [2.05, 4.69) is 0 Å². The van der Waals surface area contributed by atoms with Gasteiger partial charge in [0.25, 0.3) is 0 Å². The number of ketones is 1. The number of aryl methyl sites for hydroxylation is 1. The van der Waals surface area contributed by atoms with Gasteiger partial charge in [-0.15, -0.1) is 0 Å². The summed E-state index contributed by atoms with van der Waals surface area (Å²) in [4.78, 5) is 11.8. The molecule has 0 unspecified atom stereocenters. The fourth-order valence-corrected chi connectivity index (χ4v) is 2.60. The lowest BCUT2D eigenvalue weighted by atomic mass is 9.96. The van der Waals surface area contributed by atoms with E-state index in [-0.39, 0.29) is 11.5 Å². The Bertz CT molecular complexity index is 673. The minimum Gasteiger partial charge on any atom is -0.315 e. The molecule has 0 atom stereocenters. The summed E-state index contributed by atoms with van der Waals surface area (Å²) >= 11 is 0. The van der Waals surface area contributed by atoms with E-state index < -0.39 is 11.6 Å². The highest BCUT2D eigenvalue weighted by Crippen LogP contribution is 2.28. The van der Waals surface area contributed by atoms with Gasteiger partial charge in [0.15, 0.2) is 11.6 Å². The van der Waals surface area contributed by atoms with Crippen LogP contribution >= 0.6 is 0 Å². The molecule has 1 aromatic carbocycles. The van der Waals surface area contributed by atoms with E-state index in [0.29, 0.717) is 29.7 Å². The predicted octanol–water partition coefficient (Wildman–Crippen LogP) is 3.58. The topological polar surface area (TPSA) is 22.0 Å². The summed E-state index contributed by atoms with van der Waals surface area (Å²) in [5, 5.41) is 0. The zero-order valence-corrected chi connectivity index (χ0v) is 10.5. The number of aromatic nitrogens is 1. The van der Waals surface area contributed by atoms with Gasteiger partial charge in [0.2, 0.25) is 0 Å². The van der Waals surface area contributed by atoms with Gasteiger partial charge in [-0.05, 0) is 37.5 Å². The third-order valence-electron chi connectivity index (χ3n) is 3.61.